The Morgan fingerprint density at radius 2 is 1.79 bits per heavy atom. The topological polar surface area (TPSA) is 152 Å². The Morgan fingerprint density at radius 3 is 2.46 bits per heavy atom. The van der Waals surface area contributed by atoms with Gasteiger partial charge in [0.2, 0.25) is 15.9 Å². The molecule has 0 radical (unpaired) electrons. The van der Waals surface area contributed by atoms with Gasteiger partial charge in [-0.05, 0) is 61.4 Å². The number of carbonyl (C=O) groups excluding carboxylic acids is 1. The van der Waals surface area contributed by atoms with Gasteiger partial charge in [-0.25, -0.2) is 35.9 Å². The summed E-state index contributed by atoms with van der Waals surface area (Å²) < 4.78 is 117. The first-order chi connectivity index (χ1) is 26.5. The first kappa shape index (κ1) is 36.5. The van der Waals surface area contributed by atoms with Gasteiger partial charge in [-0.2, -0.15) is 19.0 Å². The number of benzene rings is 2. The average molecular weight is 818 g/mol. The van der Waals surface area contributed by atoms with Crippen molar-refractivity contribution in [3.8, 4) is 11.1 Å². The van der Waals surface area contributed by atoms with Crippen LogP contribution in [-0.4, -0.2) is 55.1 Å². The lowest BCUT2D eigenvalue weighted by atomic mass is 9.94. The summed E-state index contributed by atoms with van der Waals surface area (Å²) in [5, 5.41) is 11.3. The van der Waals surface area contributed by atoms with Gasteiger partial charge in [0.25, 0.3) is 12.3 Å². The molecule has 2 fully saturated rings. The highest BCUT2D eigenvalue weighted by Crippen LogP contribution is 2.68. The lowest BCUT2D eigenvalue weighted by Crippen LogP contribution is -2.35. The predicted octanol–water partition coefficient (Wildman–Crippen LogP) is 7.14. The van der Waals surface area contributed by atoms with Crippen molar-refractivity contribution in [1.82, 2.24) is 39.8 Å². The number of fused-ring (bicyclic) bond motifs is 5. The molecule has 12 nitrogen and oxygen atoms in total. The average Bonchev–Trinajstić information content (AvgIpc) is 3.98. The minimum atomic E-state index is -3.81. The Labute approximate surface area is 318 Å². The van der Waals surface area contributed by atoms with Crippen molar-refractivity contribution in [2.24, 2.45) is 13.0 Å². The van der Waals surface area contributed by atoms with E-state index < -0.39 is 75.7 Å². The molecule has 0 bridgehead atoms. The number of aromatic amines is 1. The summed E-state index contributed by atoms with van der Waals surface area (Å²) in [6.45, 7) is -0.878. The lowest BCUT2D eigenvalue weighted by molar-refractivity contribution is -0.123. The molecule has 3 atom stereocenters. The van der Waals surface area contributed by atoms with E-state index in [0.29, 0.717) is 38.7 Å². The summed E-state index contributed by atoms with van der Waals surface area (Å²) >= 11 is 6.63. The van der Waals surface area contributed by atoms with Crippen LogP contribution in [0.25, 0.3) is 33.2 Å². The number of rotatable bonds is 11. The number of aromatic nitrogens is 7. The fourth-order valence-electron chi connectivity index (χ4n) is 7.98. The molecule has 0 saturated heterocycles. The van der Waals surface area contributed by atoms with Gasteiger partial charge in [0.1, 0.15) is 35.4 Å². The van der Waals surface area contributed by atoms with E-state index in [0.717, 1.165) is 31.2 Å². The predicted molar refractivity (Wildman–Crippen MR) is 192 cm³/mol. The number of nitrogens with one attached hydrogen (secondary N) is 3. The summed E-state index contributed by atoms with van der Waals surface area (Å²) in [4.78, 5) is 26.8. The van der Waals surface area contributed by atoms with E-state index in [1.165, 1.54) is 10.7 Å². The lowest BCUT2D eigenvalue weighted by Gasteiger charge is -2.23. The van der Waals surface area contributed by atoms with E-state index in [2.05, 4.69) is 30.2 Å². The molecular weight excluding hydrogens is 788 g/mol. The fraction of sp³-hybridized carbons (Fsp3) is 0.361. The molecule has 0 unspecified atom stereocenters. The molecule has 3 N–H and O–H groups in total. The van der Waals surface area contributed by atoms with E-state index in [1.54, 1.807) is 19.2 Å². The number of hydrogen-bond acceptors (Lipinski definition) is 7. The van der Waals surface area contributed by atoms with Gasteiger partial charge in [-0.15, -0.1) is 0 Å². The monoisotopic (exact) mass is 817 g/mol. The molecule has 0 spiro atoms. The van der Waals surface area contributed by atoms with Crippen molar-refractivity contribution < 1.29 is 39.6 Å². The molecule has 20 heteroatoms. The van der Waals surface area contributed by atoms with Crippen LogP contribution < -0.4 is 10.0 Å². The highest BCUT2D eigenvalue weighted by atomic mass is 35.5. The van der Waals surface area contributed by atoms with Gasteiger partial charge >= 0.3 is 0 Å². The van der Waals surface area contributed by atoms with Crippen LogP contribution in [0, 0.1) is 17.6 Å². The second-order valence-electron chi connectivity index (χ2n) is 14.6. The normalized spacial score (nSPS) is 19.1. The Hall–Kier alpha value is -5.17. The number of aryl methyl sites for hydroxylation is 1. The fourth-order valence-corrected chi connectivity index (χ4v) is 8.72. The minimum absolute atomic E-state index is 0.0386. The van der Waals surface area contributed by atoms with Crippen molar-refractivity contribution >= 4 is 55.4 Å². The van der Waals surface area contributed by atoms with Crippen molar-refractivity contribution in [2.45, 2.75) is 62.5 Å². The first-order valence-electron chi connectivity index (χ1n) is 17.5. The van der Waals surface area contributed by atoms with Crippen molar-refractivity contribution in [3.63, 3.8) is 0 Å². The van der Waals surface area contributed by atoms with Crippen LogP contribution in [0.3, 0.4) is 0 Å². The zero-order valence-electron chi connectivity index (χ0n) is 29.3. The molecule has 0 aliphatic heterocycles. The van der Waals surface area contributed by atoms with Crippen LogP contribution >= 0.6 is 11.6 Å². The van der Waals surface area contributed by atoms with Crippen LogP contribution in [0.2, 0.25) is 5.02 Å². The molecule has 1 amide bonds. The number of sulfonamides is 1. The number of anilines is 1. The first-order valence-corrected chi connectivity index (χ1v) is 19.8. The smallest absolute Gasteiger partial charge is 0.293 e. The minimum Gasteiger partial charge on any atom is -0.346 e. The number of alkyl halides is 4. The highest BCUT2D eigenvalue weighted by Gasteiger charge is 2.67. The summed E-state index contributed by atoms with van der Waals surface area (Å²) in [5.74, 6) is -7.35. The van der Waals surface area contributed by atoms with Gasteiger partial charge in [0.05, 0.1) is 39.4 Å². The molecule has 292 valence electrons. The maximum absolute atomic E-state index is 15.4. The van der Waals surface area contributed by atoms with E-state index in [1.807, 2.05) is 0 Å². The molecule has 6 aromatic rings. The second kappa shape index (κ2) is 12.7. The van der Waals surface area contributed by atoms with Crippen molar-refractivity contribution in [1.29, 1.82) is 0 Å². The molecule has 2 aromatic carbocycles. The maximum atomic E-state index is 15.4. The van der Waals surface area contributed by atoms with Crippen LogP contribution in [0.1, 0.15) is 77.6 Å². The van der Waals surface area contributed by atoms with E-state index in [4.69, 9.17) is 16.6 Å². The molecular formula is C36H30ClF6N9O3S. The van der Waals surface area contributed by atoms with Gasteiger partial charge in [0, 0.05) is 41.6 Å². The van der Waals surface area contributed by atoms with Crippen LogP contribution in [-0.2, 0) is 40.8 Å². The van der Waals surface area contributed by atoms with E-state index in [-0.39, 0.29) is 57.5 Å². The SMILES string of the molecule is Cn1nc(NS(C)(=O)=O)c2c(Cl)ccc(-c3cc4[nH]c(C5CC5)nc4nc3[C@H](Cc3cc(F)cc(F)c3)NC(=O)Cn3nc(C(F)F)c4c3C(F)(F)[C@@H]3C[C@H]43)c21. The molecule has 2 saturated carbocycles. The third kappa shape index (κ3) is 6.24. The van der Waals surface area contributed by atoms with Crippen molar-refractivity contribution in [2.75, 3.05) is 11.0 Å². The summed E-state index contributed by atoms with van der Waals surface area (Å²) in [6, 6.07) is 6.42. The third-order valence-electron chi connectivity index (χ3n) is 10.5. The number of nitrogens with zero attached hydrogens (tertiary/aromatic N) is 6. The van der Waals surface area contributed by atoms with Gasteiger partial charge < -0.3 is 10.3 Å². The molecule has 9 rings (SSSR count). The molecule has 4 heterocycles. The third-order valence-corrected chi connectivity index (χ3v) is 11.4. The van der Waals surface area contributed by atoms with E-state index >= 15 is 8.78 Å². The Balaban J connectivity index is 1.20. The largest absolute Gasteiger partial charge is 0.346 e. The van der Waals surface area contributed by atoms with Crippen molar-refractivity contribution in [3.05, 3.63) is 87.1 Å². The summed E-state index contributed by atoms with van der Waals surface area (Å²) in [7, 11) is -2.25. The number of amides is 1. The van der Waals surface area contributed by atoms with Gasteiger partial charge in [-0.3, -0.25) is 18.9 Å². The molecule has 3 aliphatic carbocycles. The summed E-state index contributed by atoms with van der Waals surface area (Å²) in [5.41, 5.74) is 0.299. The zero-order chi connectivity index (χ0) is 39.6. The van der Waals surface area contributed by atoms with Crippen LogP contribution in [0.15, 0.2) is 36.4 Å². The highest BCUT2D eigenvalue weighted by molar-refractivity contribution is 7.92. The number of carbonyl (C=O) groups is 1. The van der Waals surface area contributed by atoms with Crippen LogP contribution in [0.4, 0.5) is 32.2 Å². The molecule has 4 aromatic heterocycles. The molecule has 3 aliphatic rings. The Bertz CT molecular complexity index is 2730. The quantitative estimate of drug-likeness (QED) is 0.118. The Kier molecular flexibility index (Phi) is 8.25. The Morgan fingerprint density at radius 1 is 1.05 bits per heavy atom. The van der Waals surface area contributed by atoms with Crippen LogP contribution in [0.5, 0.6) is 0 Å². The number of hydrogen-bond donors (Lipinski definition) is 3. The summed E-state index contributed by atoms with van der Waals surface area (Å²) in [6.07, 6.45) is -0.641. The number of pyridine rings is 1. The van der Waals surface area contributed by atoms with E-state index in [9.17, 15) is 30.8 Å². The van der Waals surface area contributed by atoms with Gasteiger partial charge in [-0.1, -0.05) is 17.7 Å². The second-order valence-corrected chi connectivity index (χ2v) is 16.8. The molecule has 56 heavy (non-hydrogen) atoms. The number of H-pyrrole nitrogens is 1. The zero-order valence-corrected chi connectivity index (χ0v) is 30.9. The van der Waals surface area contributed by atoms with Gasteiger partial charge in [0.15, 0.2) is 11.5 Å². The number of imidazole rings is 1. The number of halogens is 7. The maximum Gasteiger partial charge on any atom is 0.293 e. The standard InChI is InChI=1S/C36H30ClF6N9O3S/c1-51-30-18(5-6-22(37)27(30)35(49-51)50-56(2,54)55)19-12-24-34(47-33(45-24)15-3-4-15)46-28(19)23(9-14-7-16(38)10-17(39)8-14)44-25(53)13-52-31-26(29(48-52)32(40)41)20-11-21(20)36(31,42)43/h5-8,10,12,15,20-21,23,32H,3-4,9,11,13H2,1-2H3,(H,44,53)(H,49,50)(H,45,46,47)/t20-,21+,23-/m0/s1.